The van der Waals surface area contributed by atoms with E-state index in [0.29, 0.717) is 18.7 Å². The van der Waals surface area contributed by atoms with E-state index in [2.05, 4.69) is 10.6 Å². The van der Waals surface area contributed by atoms with Crippen molar-refractivity contribution in [3.8, 4) is 11.1 Å². The summed E-state index contributed by atoms with van der Waals surface area (Å²) in [6, 6.07) is 17.3. The molecule has 0 unspecified atom stereocenters. The minimum Gasteiger partial charge on any atom is -0.379 e. The third-order valence-electron chi connectivity index (χ3n) is 3.76. The Morgan fingerprint density at radius 3 is 2.23 bits per heavy atom. The van der Waals surface area contributed by atoms with Crippen molar-refractivity contribution in [1.82, 2.24) is 10.6 Å². The Morgan fingerprint density at radius 2 is 1.58 bits per heavy atom. The van der Waals surface area contributed by atoms with Crippen molar-refractivity contribution in [3.05, 3.63) is 60.2 Å². The predicted molar refractivity (Wildman–Crippen MR) is 103 cm³/mol. The molecule has 0 radical (unpaired) electrons. The van der Waals surface area contributed by atoms with Crippen LogP contribution in [0.5, 0.6) is 0 Å². The van der Waals surface area contributed by atoms with Crippen molar-refractivity contribution in [3.63, 3.8) is 0 Å². The summed E-state index contributed by atoms with van der Waals surface area (Å²) in [5.74, 6) is -0.466. The zero-order chi connectivity index (χ0) is 18.8. The summed E-state index contributed by atoms with van der Waals surface area (Å²) in [4.78, 5) is 23.9. The summed E-state index contributed by atoms with van der Waals surface area (Å²) in [6.45, 7) is 5.05. The summed E-state index contributed by atoms with van der Waals surface area (Å²) in [5.41, 5.74) is 2.67. The second kappa shape index (κ2) is 10.4. The van der Waals surface area contributed by atoms with Crippen molar-refractivity contribution in [2.24, 2.45) is 0 Å². The molecule has 0 spiro atoms. The third-order valence-corrected chi connectivity index (χ3v) is 3.76. The molecule has 2 N–H and O–H groups in total. The Labute approximate surface area is 154 Å². The summed E-state index contributed by atoms with van der Waals surface area (Å²) in [5, 5.41) is 5.40. The molecule has 2 rings (SSSR count). The Balaban J connectivity index is 1.73. The quantitative estimate of drug-likeness (QED) is 0.680. The molecular formula is C21H26N2O3. The molecule has 0 fully saturated rings. The number of carbonyl (C=O) groups excluding carboxylic acids is 2. The maximum absolute atomic E-state index is 12.1. The van der Waals surface area contributed by atoms with E-state index in [1.54, 1.807) is 12.1 Å². The van der Waals surface area contributed by atoms with E-state index < -0.39 is 0 Å². The lowest BCUT2D eigenvalue weighted by molar-refractivity contribution is -0.120. The summed E-state index contributed by atoms with van der Waals surface area (Å²) in [6.07, 6.45) is 0.942. The molecule has 0 aliphatic rings. The first-order chi connectivity index (χ1) is 12.6. The van der Waals surface area contributed by atoms with Gasteiger partial charge in [0.1, 0.15) is 0 Å². The van der Waals surface area contributed by atoms with Crippen LogP contribution in [0.3, 0.4) is 0 Å². The van der Waals surface area contributed by atoms with Crippen molar-refractivity contribution >= 4 is 11.8 Å². The van der Waals surface area contributed by atoms with Crippen LogP contribution in [0.2, 0.25) is 0 Å². The standard InChI is InChI=1S/C21H26N2O3/c1-16(2)26-14-6-13-22-20(24)15-23-21(25)19-11-9-18(10-12-19)17-7-4-3-5-8-17/h3-5,7-12,16H,6,13-15H2,1-2H3,(H,22,24)(H,23,25). The Bertz CT molecular complexity index is 697. The molecule has 0 saturated carbocycles. The summed E-state index contributed by atoms with van der Waals surface area (Å²) >= 11 is 0. The van der Waals surface area contributed by atoms with E-state index in [0.717, 1.165) is 17.5 Å². The topological polar surface area (TPSA) is 67.4 Å². The van der Waals surface area contributed by atoms with Gasteiger partial charge in [-0.2, -0.15) is 0 Å². The Morgan fingerprint density at radius 1 is 0.923 bits per heavy atom. The minimum atomic E-state index is -0.261. The predicted octanol–water partition coefficient (Wildman–Crippen LogP) is 3.01. The molecule has 2 aromatic rings. The monoisotopic (exact) mass is 354 g/mol. The number of benzene rings is 2. The molecule has 0 aliphatic carbocycles. The van der Waals surface area contributed by atoms with E-state index in [4.69, 9.17) is 4.74 Å². The number of carbonyl (C=O) groups is 2. The largest absolute Gasteiger partial charge is 0.379 e. The molecule has 2 amide bonds. The van der Waals surface area contributed by atoms with Crippen LogP contribution < -0.4 is 10.6 Å². The first-order valence-corrected chi connectivity index (χ1v) is 8.88. The van der Waals surface area contributed by atoms with Crippen molar-refractivity contribution in [2.75, 3.05) is 19.7 Å². The minimum absolute atomic E-state index is 0.0374. The van der Waals surface area contributed by atoms with Crippen LogP contribution in [0, 0.1) is 0 Å². The highest BCUT2D eigenvalue weighted by Gasteiger charge is 2.08. The van der Waals surface area contributed by atoms with Crippen LogP contribution in [0.1, 0.15) is 30.6 Å². The van der Waals surface area contributed by atoms with E-state index in [1.165, 1.54) is 0 Å². The number of amides is 2. The molecule has 5 heteroatoms. The third kappa shape index (κ3) is 6.69. The van der Waals surface area contributed by atoms with Crippen LogP contribution in [0.15, 0.2) is 54.6 Å². The van der Waals surface area contributed by atoms with Crippen molar-refractivity contribution in [2.45, 2.75) is 26.4 Å². The fourth-order valence-corrected chi connectivity index (χ4v) is 2.39. The molecule has 138 valence electrons. The average Bonchev–Trinajstić information content (AvgIpc) is 2.66. The number of hydrogen-bond acceptors (Lipinski definition) is 3. The number of rotatable bonds is 9. The molecule has 0 saturated heterocycles. The van der Waals surface area contributed by atoms with Crippen LogP contribution in [-0.4, -0.2) is 37.6 Å². The zero-order valence-corrected chi connectivity index (χ0v) is 15.3. The highest BCUT2D eigenvalue weighted by Crippen LogP contribution is 2.19. The van der Waals surface area contributed by atoms with Gasteiger partial charge in [-0.1, -0.05) is 42.5 Å². The molecule has 0 aliphatic heterocycles. The highest BCUT2D eigenvalue weighted by molar-refractivity contribution is 5.96. The first-order valence-electron chi connectivity index (χ1n) is 8.88. The van der Waals surface area contributed by atoms with E-state index in [-0.39, 0.29) is 24.5 Å². The Kier molecular flexibility index (Phi) is 7.83. The average molecular weight is 354 g/mol. The smallest absolute Gasteiger partial charge is 0.251 e. The normalized spacial score (nSPS) is 10.6. The van der Waals surface area contributed by atoms with Crippen molar-refractivity contribution in [1.29, 1.82) is 0 Å². The van der Waals surface area contributed by atoms with Gasteiger partial charge in [0.05, 0.1) is 12.6 Å². The van der Waals surface area contributed by atoms with E-state index in [1.807, 2.05) is 56.3 Å². The number of hydrogen-bond donors (Lipinski definition) is 2. The maximum Gasteiger partial charge on any atom is 0.251 e. The van der Waals surface area contributed by atoms with Crippen molar-refractivity contribution < 1.29 is 14.3 Å². The van der Waals surface area contributed by atoms with Gasteiger partial charge in [-0.15, -0.1) is 0 Å². The molecule has 0 aromatic heterocycles. The van der Waals surface area contributed by atoms with Gasteiger partial charge in [-0.3, -0.25) is 9.59 Å². The fourth-order valence-electron chi connectivity index (χ4n) is 2.39. The number of nitrogens with one attached hydrogen (secondary N) is 2. The Hall–Kier alpha value is -2.66. The molecule has 5 nitrogen and oxygen atoms in total. The van der Waals surface area contributed by atoms with Gasteiger partial charge in [0.25, 0.3) is 5.91 Å². The van der Waals surface area contributed by atoms with Gasteiger partial charge in [0, 0.05) is 18.7 Å². The van der Waals surface area contributed by atoms with Crippen LogP contribution in [0.25, 0.3) is 11.1 Å². The van der Waals surface area contributed by atoms with Gasteiger partial charge >= 0.3 is 0 Å². The zero-order valence-electron chi connectivity index (χ0n) is 15.3. The molecule has 26 heavy (non-hydrogen) atoms. The lowest BCUT2D eigenvalue weighted by Crippen LogP contribution is -2.37. The van der Waals surface area contributed by atoms with Crippen LogP contribution in [0.4, 0.5) is 0 Å². The highest BCUT2D eigenvalue weighted by atomic mass is 16.5. The first kappa shape index (κ1) is 19.7. The second-order valence-corrected chi connectivity index (χ2v) is 6.25. The number of ether oxygens (including phenoxy) is 1. The molecule has 0 heterocycles. The van der Waals surface area contributed by atoms with Gasteiger partial charge in [0.2, 0.25) is 5.91 Å². The molecular weight excluding hydrogens is 328 g/mol. The SMILES string of the molecule is CC(C)OCCCNC(=O)CNC(=O)c1ccc(-c2ccccc2)cc1. The molecule has 0 atom stereocenters. The maximum atomic E-state index is 12.1. The van der Waals surface area contributed by atoms with Gasteiger partial charge < -0.3 is 15.4 Å². The second-order valence-electron chi connectivity index (χ2n) is 6.25. The van der Waals surface area contributed by atoms with Crippen LogP contribution >= 0.6 is 0 Å². The van der Waals surface area contributed by atoms with E-state index in [9.17, 15) is 9.59 Å². The summed E-state index contributed by atoms with van der Waals surface area (Å²) < 4.78 is 5.40. The molecule has 0 bridgehead atoms. The van der Waals surface area contributed by atoms with Gasteiger partial charge in [0.15, 0.2) is 0 Å². The summed E-state index contributed by atoms with van der Waals surface area (Å²) in [7, 11) is 0. The molecule has 2 aromatic carbocycles. The van der Waals surface area contributed by atoms with E-state index >= 15 is 0 Å². The van der Waals surface area contributed by atoms with Gasteiger partial charge in [-0.05, 0) is 43.5 Å². The van der Waals surface area contributed by atoms with Gasteiger partial charge in [-0.25, -0.2) is 0 Å². The lowest BCUT2D eigenvalue weighted by Gasteiger charge is -2.09. The van der Waals surface area contributed by atoms with Crippen LogP contribution in [-0.2, 0) is 9.53 Å². The fraction of sp³-hybridized carbons (Fsp3) is 0.333. The lowest BCUT2D eigenvalue weighted by atomic mass is 10.0.